The molecule has 3 aromatic rings. The first-order valence-corrected chi connectivity index (χ1v) is 6.88. The van der Waals surface area contributed by atoms with E-state index in [2.05, 4.69) is 4.98 Å². The van der Waals surface area contributed by atoms with Crippen molar-refractivity contribution in [1.82, 2.24) is 9.88 Å². The van der Waals surface area contributed by atoms with Crippen molar-refractivity contribution >= 4 is 22.9 Å². The summed E-state index contributed by atoms with van der Waals surface area (Å²) in [4.78, 5) is 29.5. The molecular formula is C17H12N2O3. The summed E-state index contributed by atoms with van der Waals surface area (Å²) in [6, 6.07) is 10.8. The van der Waals surface area contributed by atoms with Gasteiger partial charge in [0.2, 0.25) is 5.89 Å². The lowest BCUT2D eigenvalue weighted by atomic mass is 10.1. The Labute approximate surface area is 126 Å². The average Bonchev–Trinajstić information content (AvgIpc) is 3.03. The minimum Gasteiger partial charge on any atom is -0.436 e. The van der Waals surface area contributed by atoms with E-state index in [-0.39, 0.29) is 11.8 Å². The molecule has 0 bridgehead atoms. The Bertz CT molecular complexity index is 956. The number of carbonyl (C=O) groups excluding carboxylic acids is 2. The van der Waals surface area contributed by atoms with Gasteiger partial charge in [-0.15, -0.1) is 0 Å². The van der Waals surface area contributed by atoms with Gasteiger partial charge in [0.05, 0.1) is 11.1 Å². The summed E-state index contributed by atoms with van der Waals surface area (Å²) in [6.07, 6.45) is 0. The molecule has 0 atom stereocenters. The molecule has 2 aromatic carbocycles. The minimum absolute atomic E-state index is 0.278. The highest BCUT2D eigenvalue weighted by molar-refractivity contribution is 6.21. The van der Waals surface area contributed by atoms with Crippen molar-refractivity contribution in [3.8, 4) is 11.5 Å². The van der Waals surface area contributed by atoms with E-state index in [4.69, 9.17) is 4.42 Å². The van der Waals surface area contributed by atoms with E-state index in [9.17, 15) is 9.59 Å². The maximum absolute atomic E-state index is 12.1. The molecule has 0 saturated carbocycles. The zero-order chi connectivity index (χ0) is 15.4. The fraction of sp³-hybridized carbons (Fsp3) is 0.118. The van der Waals surface area contributed by atoms with Crippen LogP contribution >= 0.6 is 0 Å². The fourth-order valence-corrected chi connectivity index (χ4v) is 2.66. The zero-order valence-electron chi connectivity index (χ0n) is 12.1. The highest BCUT2D eigenvalue weighted by atomic mass is 16.3. The lowest BCUT2D eigenvalue weighted by Crippen LogP contribution is -2.24. The van der Waals surface area contributed by atoms with Gasteiger partial charge < -0.3 is 4.42 Å². The average molecular weight is 292 g/mol. The van der Waals surface area contributed by atoms with Crippen LogP contribution in [0.3, 0.4) is 0 Å². The first-order valence-electron chi connectivity index (χ1n) is 6.88. The summed E-state index contributed by atoms with van der Waals surface area (Å²) < 4.78 is 5.74. The Balaban J connectivity index is 1.86. The molecule has 0 saturated heterocycles. The van der Waals surface area contributed by atoms with Crippen molar-refractivity contribution in [2.75, 3.05) is 7.05 Å². The summed E-state index contributed by atoms with van der Waals surface area (Å²) in [5.74, 6) is -0.133. The van der Waals surface area contributed by atoms with E-state index in [1.165, 1.54) is 7.05 Å². The second kappa shape index (κ2) is 4.27. The number of rotatable bonds is 1. The van der Waals surface area contributed by atoms with Crippen LogP contribution in [0.25, 0.3) is 22.6 Å². The summed E-state index contributed by atoms with van der Waals surface area (Å²) in [6.45, 7) is 1.99. The second-order valence-electron chi connectivity index (χ2n) is 5.42. The van der Waals surface area contributed by atoms with Crippen LogP contribution in [0, 0.1) is 6.92 Å². The number of hydrogen-bond donors (Lipinski definition) is 0. The van der Waals surface area contributed by atoms with Crippen LogP contribution in [0.4, 0.5) is 0 Å². The van der Waals surface area contributed by atoms with Crippen LogP contribution in [0.15, 0.2) is 40.8 Å². The standard InChI is InChI=1S/C17H12N2O3/c1-9-3-6-14-13(7-9)18-15(22-14)10-4-5-11-12(8-10)17(21)19(2)16(11)20/h3-8H,1-2H3. The van der Waals surface area contributed by atoms with Gasteiger partial charge in [0, 0.05) is 12.6 Å². The third kappa shape index (κ3) is 1.69. The third-order valence-corrected chi connectivity index (χ3v) is 3.88. The Hall–Kier alpha value is -2.95. The third-order valence-electron chi connectivity index (χ3n) is 3.88. The van der Waals surface area contributed by atoms with Gasteiger partial charge in [0.1, 0.15) is 5.52 Å². The molecule has 108 valence electrons. The van der Waals surface area contributed by atoms with Crippen LogP contribution in [0.1, 0.15) is 26.3 Å². The highest BCUT2D eigenvalue weighted by Gasteiger charge is 2.33. The van der Waals surface area contributed by atoms with Crippen LogP contribution in [0.5, 0.6) is 0 Å². The van der Waals surface area contributed by atoms with E-state index >= 15 is 0 Å². The van der Waals surface area contributed by atoms with Crippen molar-refractivity contribution in [2.24, 2.45) is 0 Å². The first-order chi connectivity index (χ1) is 10.5. The highest BCUT2D eigenvalue weighted by Crippen LogP contribution is 2.29. The van der Waals surface area contributed by atoms with E-state index in [1.54, 1.807) is 18.2 Å². The zero-order valence-corrected chi connectivity index (χ0v) is 12.1. The molecule has 1 aliphatic heterocycles. The van der Waals surface area contributed by atoms with Crippen molar-refractivity contribution in [1.29, 1.82) is 0 Å². The van der Waals surface area contributed by atoms with E-state index in [0.29, 0.717) is 28.2 Å². The van der Waals surface area contributed by atoms with Crippen molar-refractivity contribution < 1.29 is 14.0 Å². The summed E-state index contributed by atoms with van der Waals surface area (Å²) in [7, 11) is 1.48. The molecule has 5 nitrogen and oxygen atoms in total. The molecule has 0 radical (unpaired) electrons. The summed E-state index contributed by atoms with van der Waals surface area (Å²) in [5.41, 5.74) is 4.06. The number of imide groups is 1. The number of fused-ring (bicyclic) bond motifs is 2. The normalized spacial score (nSPS) is 14.0. The maximum atomic E-state index is 12.1. The molecule has 2 heterocycles. The quantitative estimate of drug-likeness (QED) is 0.647. The predicted octanol–water partition coefficient (Wildman–Crippen LogP) is 3.03. The Morgan fingerprint density at radius 2 is 1.77 bits per heavy atom. The SMILES string of the molecule is Cc1ccc2oc(-c3ccc4c(c3)C(=O)N(C)C4=O)nc2c1. The van der Waals surface area contributed by atoms with Gasteiger partial charge in [-0.25, -0.2) is 4.98 Å². The Kier molecular flexibility index (Phi) is 2.48. The van der Waals surface area contributed by atoms with Gasteiger partial charge in [-0.05, 0) is 42.8 Å². The van der Waals surface area contributed by atoms with Crippen LogP contribution in [-0.2, 0) is 0 Å². The summed E-state index contributed by atoms with van der Waals surface area (Å²) in [5, 5.41) is 0. The van der Waals surface area contributed by atoms with Crippen LogP contribution in [0.2, 0.25) is 0 Å². The molecular weight excluding hydrogens is 280 g/mol. The smallest absolute Gasteiger partial charge is 0.261 e. The Morgan fingerprint density at radius 1 is 1.00 bits per heavy atom. The van der Waals surface area contributed by atoms with Gasteiger partial charge in [-0.1, -0.05) is 6.07 Å². The van der Waals surface area contributed by atoms with Crippen molar-refractivity contribution in [2.45, 2.75) is 6.92 Å². The fourth-order valence-electron chi connectivity index (χ4n) is 2.66. The number of aromatic nitrogens is 1. The van der Waals surface area contributed by atoms with Crippen LogP contribution in [-0.4, -0.2) is 28.7 Å². The predicted molar refractivity (Wildman–Crippen MR) is 80.6 cm³/mol. The number of amides is 2. The van der Waals surface area contributed by atoms with Gasteiger partial charge in [-0.2, -0.15) is 0 Å². The van der Waals surface area contributed by atoms with Crippen molar-refractivity contribution in [3.05, 3.63) is 53.1 Å². The lowest BCUT2D eigenvalue weighted by molar-refractivity contribution is 0.0693. The van der Waals surface area contributed by atoms with Gasteiger partial charge in [-0.3, -0.25) is 14.5 Å². The van der Waals surface area contributed by atoms with E-state index in [1.807, 2.05) is 25.1 Å². The number of carbonyl (C=O) groups is 2. The number of hydrogen-bond acceptors (Lipinski definition) is 4. The molecule has 0 N–H and O–H groups in total. The maximum Gasteiger partial charge on any atom is 0.261 e. The molecule has 0 aliphatic carbocycles. The Morgan fingerprint density at radius 3 is 2.59 bits per heavy atom. The summed E-state index contributed by atoms with van der Waals surface area (Å²) >= 11 is 0. The number of oxazole rings is 1. The van der Waals surface area contributed by atoms with E-state index < -0.39 is 0 Å². The molecule has 0 spiro atoms. The molecule has 1 aromatic heterocycles. The number of aryl methyl sites for hydroxylation is 1. The number of nitrogens with zero attached hydrogens (tertiary/aromatic N) is 2. The molecule has 5 heteroatoms. The molecule has 0 unspecified atom stereocenters. The van der Waals surface area contributed by atoms with Crippen LogP contribution < -0.4 is 0 Å². The lowest BCUT2D eigenvalue weighted by Gasteiger charge is -2.02. The first kappa shape index (κ1) is 12.8. The van der Waals surface area contributed by atoms with Gasteiger partial charge in [0.25, 0.3) is 11.8 Å². The largest absolute Gasteiger partial charge is 0.436 e. The molecule has 22 heavy (non-hydrogen) atoms. The molecule has 4 rings (SSSR count). The second-order valence-corrected chi connectivity index (χ2v) is 5.42. The molecule has 1 aliphatic rings. The minimum atomic E-state index is -0.297. The van der Waals surface area contributed by atoms with E-state index in [0.717, 1.165) is 16.0 Å². The number of benzene rings is 2. The topological polar surface area (TPSA) is 63.4 Å². The molecule has 2 amide bonds. The molecule has 0 fully saturated rings. The monoisotopic (exact) mass is 292 g/mol. The van der Waals surface area contributed by atoms with Crippen molar-refractivity contribution in [3.63, 3.8) is 0 Å². The van der Waals surface area contributed by atoms with Gasteiger partial charge >= 0.3 is 0 Å². The van der Waals surface area contributed by atoms with Gasteiger partial charge in [0.15, 0.2) is 5.58 Å².